The Kier molecular flexibility index (Phi) is 2.95. The zero-order valence-electron chi connectivity index (χ0n) is 6.71. The summed E-state index contributed by atoms with van der Waals surface area (Å²) in [5.41, 5.74) is 0.254. The molecule has 1 aromatic rings. The van der Waals surface area contributed by atoms with Gasteiger partial charge < -0.3 is 5.11 Å². The molecule has 1 aromatic carbocycles. The maximum absolute atomic E-state index is 12.1. The van der Waals surface area contributed by atoms with E-state index in [2.05, 4.69) is 0 Å². The summed E-state index contributed by atoms with van der Waals surface area (Å²) >= 11 is 0. The highest BCUT2D eigenvalue weighted by Gasteiger charge is 2.08. The molecule has 13 heavy (non-hydrogen) atoms. The van der Waals surface area contributed by atoms with Crippen molar-refractivity contribution >= 4 is 5.97 Å². The summed E-state index contributed by atoms with van der Waals surface area (Å²) in [6.07, 6.45) is -2.77. The number of rotatable bonds is 3. The van der Waals surface area contributed by atoms with Crippen molar-refractivity contribution in [1.82, 2.24) is 0 Å². The molecule has 0 aliphatic rings. The second-order valence-corrected chi connectivity index (χ2v) is 2.62. The van der Waals surface area contributed by atoms with Crippen molar-refractivity contribution in [2.45, 2.75) is 12.8 Å². The van der Waals surface area contributed by atoms with Gasteiger partial charge in [-0.15, -0.1) is 0 Å². The lowest BCUT2D eigenvalue weighted by atomic mass is 10.1. The molecule has 0 unspecified atom stereocenters. The van der Waals surface area contributed by atoms with Crippen molar-refractivity contribution in [3.8, 4) is 0 Å². The number of carboxylic acid groups (broad SMARTS) is 1. The Balaban J connectivity index is 2.85. The fraction of sp³-hybridized carbons (Fsp3) is 0.222. The van der Waals surface area contributed by atoms with Gasteiger partial charge in [-0.3, -0.25) is 4.79 Å². The van der Waals surface area contributed by atoms with Gasteiger partial charge in [-0.05, 0) is 11.6 Å². The molecule has 0 aliphatic carbocycles. The minimum atomic E-state index is -2.55. The van der Waals surface area contributed by atoms with Crippen LogP contribution >= 0.6 is 0 Å². The second-order valence-electron chi connectivity index (χ2n) is 2.62. The van der Waals surface area contributed by atoms with Gasteiger partial charge >= 0.3 is 5.97 Å². The predicted molar refractivity (Wildman–Crippen MR) is 42.7 cm³/mol. The smallest absolute Gasteiger partial charge is 0.307 e. The van der Waals surface area contributed by atoms with Gasteiger partial charge in [-0.1, -0.05) is 18.2 Å². The third-order valence-corrected chi connectivity index (χ3v) is 1.56. The van der Waals surface area contributed by atoms with E-state index < -0.39 is 12.4 Å². The van der Waals surface area contributed by atoms with Gasteiger partial charge in [0.2, 0.25) is 0 Å². The van der Waals surface area contributed by atoms with Crippen LogP contribution in [0.5, 0.6) is 0 Å². The maximum atomic E-state index is 12.1. The summed E-state index contributed by atoms with van der Waals surface area (Å²) in [5.74, 6) is -1.02. The molecular formula is C9H8F2O2. The summed E-state index contributed by atoms with van der Waals surface area (Å²) in [6.45, 7) is 0. The fourth-order valence-electron chi connectivity index (χ4n) is 1.01. The molecule has 70 valence electrons. The van der Waals surface area contributed by atoms with Crippen LogP contribution in [0, 0.1) is 0 Å². The minimum absolute atomic E-state index is 0.140. The number of hydrogen-bond donors (Lipinski definition) is 1. The largest absolute Gasteiger partial charge is 0.481 e. The van der Waals surface area contributed by atoms with Crippen LogP contribution in [0.4, 0.5) is 8.78 Å². The van der Waals surface area contributed by atoms with E-state index in [1.54, 1.807) is 0 Å². The topological polar surface area (TPSA) is 37.3 Å². The number of hydrogen-bond acceptors (Lipinski definition) is 1. The number of aliphatic carboxylic acids is 1. The molecule has 2 nitrogen and oxygen atoms in total. The van der Waals surface area contributed by atoms with E-state index in [1.165, 1.54) is 24.3 Å². The normalized spacial score (nSPS) is 10.4. The molecule has 1 N–H and O–H groups in total. The second kappa shape index (κ2) is 3.98. The van der Waals surface area contributed by atoms with Crippen molar-refractivity contribution in [1.29, 1.82) is 0 Å². The first kappa shape index (κ1) is 9.64. The van der Waals surface area contributed by atoms with Gasteiger partial charge in [0.1, 0.15) is 0 Å². The van der Waals surface area contributed by atoms with Crippen LogP contribution in [0.1, 0.15) is 17.6 Å². The standard InChI is InChI=1S/C9H8F2O2/c10-9(11)7-3-1-2-6(4-7)5-8(12)13/h1-4,9H,5H2,(H,12,13). The Labute approximate surface area is 73.8 Å². The van der Waals surface area contributed by atoms with Crippen molar-refractivity contribution in [2.24, 2.45) is 0 Å². The van der Waals surface area contributed by atoms with Crippen LogP contribution in [0.3, 0.4) is 0 Å². The van der Waals surface area contributed by atoms with Gasteiger partial charge in [0, 0.05) is 5.56 Å². The summed E-state index contributed by atoms with van der Waals surface area (Å²) in [4.78, 5) is 10.3. The average Bonchev–Trinajstić information content (AvgIpc) is 2.03. The van der Waals surface area contributed by atoms with E-state index in [4.69, 9.17) is 5.11 Å². The summed E-state index contributed by atoms with van der Waals surface area (Å²) in [5, 5.41) is 8.41. The molecule has 0 saturated heterocycles. The molecule has 0 saturated carbocycles. The number of alkyl halides is 2. The molecule has 0 aromatic heterocycles. The molecule has 0 atom stereocenters. The predicted octanol–water partition coefficient (Wildman–Crippen LogP) is 2.25. The molecule has 0 radical (unpaired) electrons. The van der Waals surface area contributed by atoms with Crippen LogP contribution in [0.15, 0.2) is 24.3 Å². The van der Waals surface area contributed by atoms with E-state index in [9.17, 15) is 13.6 Å². The van der Waals surface area contributed by atoms with Crippen molar-refractivity contribution in [3.05, 3.63) is 35.4 Å². The fourth-order valence-corrected chi connectivity index (χ4v) is 1.01. The quantitative estimate of drug-likeness (QED) is 0.786. The summed E-state index contributed by atoms with van der Waals surface area (Å²) in [6, 6.07) is 5.43. The minimum Gasteiger partial charge on any atom is -0.481 e. The Bertz CT molecular complexity index is 310. The molecule has 4 heteroatoms. The zero-order valence-corrected chi connectivity index (χ0v) is 6.71. The van der Waals surface area contributed by atoms with Gasteiger partial charge in [-0.25, -0.2) is 8.78 Å². The highest BCUT2D eigenvalue weighted by molar-refractivity contribution is 5.70. The molecule has 0 aliphatic heterocycles. The van der Waals surface area contributed by atoms with Crippen LogP contribution in [-0.2, 0) is 11.2 Å². The first-order valence-electron chi connectivity index (χ1n) is 3.68. The Morgan fingerprint density at radius 3 is 2.69 bits per heavy atom. The van der Waals surface area contributed by atoms with Crippen molar-refractivity contribution < 1.29 is 18.7 Å². The lowest BCUT2D eigenvalue weighted by Gasteiger charge is -2.01. The van der Waals surface area contributed by atoms with E-state index in [0.29, 0.717) is 5.56 Å². The van der Waals surface area contributed by atoms with E-state index in [-0.39, 0.29) is 12.0 Å². The van der Waals surface area contributed by atoms with Crippen LogP contribution < -0.4 is 0 Å². The SMILES string of the molecule is O=C(O)Cc1cccc(C(F)F)c1. The number of benzene rings is 1. The van der Waals surface area contributed by atoms with E-state index in [1.807, 2.05) is 0 Å². The molecule has 0 amide bonds. The lowest BCUT2D eigenvalue weighted by molar-refractivity contribution is -0.136. The van der Waals surface area contributed by atoms with Crippen molar-refractivity contribution in [3.63, 3.8) is 0 Å². The maximum Gasteiger partial charge on any atom is 0.307 e. The molecule has 0 bridgehead atoms. The van der Waals surface area contributed by atoms with E-state index in [0.717, 1.165) is 0 Å². The number of halogens is 2. The van der Waals surface area contributed by atoms with Crippen molar-refractivity contribution in [2.75, 3.05) is 0 Å². The Morgan fingerprint density at radius 2 is 2.15 bits per heavy atom. The molecule has 1 rings (SSSR count). The summed E-state index contributed by atoms with van der Waals surface area (Å²) in [7, 11) is 0. The molecule has 0 heterocycles. The first-order chi connectivity index (χ1) is 6.09. The number of carbonyl (C=O) groups is 1. The Morgan fingerprint density at radius 1 is 1.46 bits per heavy atom. The third-order valence-electron chi connectivity index (χ3n) is 1.56. The van der Waals surface area contributed by atoms with Gasteiger partial charge in [0.05, 0.1) is 6.42 Å². The molecule has 0 spiro atoms. The highest BCUT2D eigenvalue weighted by atomic mass is 19.3. The lowest BCUT2D eigenvalue weighted by Crippen LogP contribution is -2.00. The number of carboxylic acids is 1. The van der Waals surface area contributed by atoms with Gasteiger partial charge in [0.15, 0.2) is 0 Å². The van der Waals surface area contributed by atoms with E-state index >= 15 is 0 Å². The Hall–Kier alpha value is -1.45. The average molecular weight is 186 g/mol. The highest BCUT2D eigenvalue weighted by Crippen LogP contribution is 2.19. The summed E-state index contributed by atoms with van der Waals surface area (Å²) < 4.78 is 24.3. The monoisotopic (exact) mass is 186 g/mol. The first-order valence-corrected chi connectivity index (χ1v) is 3.68. The molecular weight excluding hydrogens is 178 g/mol. The van der Waals surface area contributed by atoms with Crippen LogP contribution in [-0.4, -0.2) is 11.1 Å². The molecule has 0 fully saturated rings. The third kappa shape index (κ3) is 2.82. The van der Waals surface area contributed by atoms with Gasteiger partial charge in [0.25, 0.3) is 6.43 Å². The van der Waals surface area contributed by atoms with Crippen LogP contribution in [0.25, 0.3) is 0 Å². The van der Waals surface area contributed by atoms with Crippen LogP contribution in [0.2, 0.25) is 0 Å². The van der Waals surface area contributed by atoms with Gasteiger partial charge in [-0.2, -0.15) is 0 Å². The zero-order chi connectivity index (χ0) is 9.84.